The average molecular weight is 719 g/mol. The van der Waals surface area contributed by atoms with Crippen LogP contribution in [0.1, 0.15) is 67.7 Å². The summed E-state index contributed by atoms with van der Waals surface area (Å²) in [6, 6.07) is 30.1. The van der Waals surface area contributed by atoms with Gasteiger partial charge in [-0.05, 0) is 67.9 Å². The lowest BCUT2D eigenvalue weighted by atomic mass is 9.90. The molecular formula is C38H47IN4O2. The van der Waals surface area contributed by atoms with Crippen molar-refractivity contribution >= 4 is 40.5 Å². The molecule has 0 radical (unpaired) electrons. The zero-order valence-corrected chi connectivity index (χ0v) is 28.7. The third-order valence-electron chi connectivity index (χ3n) is 9.50. The average Bonchev–Trinajstić information content (AvgIpc) is 3.32. The minimum Gasteiger partial charge on any atom is -0.351 e. The van der Waals surface area contributed by atoms with Gasteiger partial charge < -0.3 is 15.5 Å². The van der Waals surface area contributed by atoms with E-state index in [-0.39, 0.29) is 29.8 Å². The Balaban J connectivity index is 1.29. The first kappa shape index (κ1) is 33.4. The standard InChI is InChI=1S/C38H47IN4O2/c1-28-13-14-29(2)43(28)24-22-36-38(45)42(27-35(32-9-5-3-6-10-32)33-11-7-4-8-12-33)23-21-34(41-36)26-40-37(44)20-19-30-15-17-31(25-39)18-16-30/h3-12,15-20,28-29,34-36,41H,13-14,21-27H2,1-2H3,(H,40,44)/b20-19+/t28?,29?,34-,36-/m0/s1. The van der Waals surface area contributed by atoms with Gasteiger partial charge in [-0.1, -0.05) is 108 Å². The molecule has 238 valence electrons. The van der Waals surface area contributed by atoms with Gasteiger partial charge in [0.2, 0.25) is 11.8 Å². The molecule has 3 aromatic rings. The number of carbonyl (C=O) groups excluding carboxylic acids is 2. The van der Waals surface area contributed by atoms with E-state index < -0.39 is 0 Å². The number of hydrogen-bond acceptors (Lipinski definition) is 4. The molecule has 45 heavy (non-hydrogen) atoms. The Morgan fingerprint density at radius 1 is 0.933 bits per heavy atom. The molecular weight excluding hydrogens is 671 g/mol. The molecule has 4 atom stereocenters. The Labute approximate surface area is 282 Å². The topological polar surface area (TPSA) is 64.7 Å². The molecule has 2 saturated heterocycles. The molecule has 0 bridgehead atoms. The lowest BCUT2D eigenvalue weighted by molar-refractivity contribution is -0.133. The van der Waals surface area contributed by atoms with Crippen LogP contribution in [0.2, 0.25) is 0 Å². The van der Waals surface area contributed by atoms with E-state index in [1.807, 2.05) is 30.3 Å². The summed E-state index contributed by atoms with van der Waals surface area (Å²) in [5, 5.41) is 6.78. The second-order valence-electron chi connectivity index (χ2n) is 12.6. The zero-order valence-electron chi connectivity index (χ0n) is 26.6. The molecule has 2 heterocycles. The number of benzene rings is 3. The first-order valence-electron chi connectivity index (χ1n) is 16.4. The quantitative estimate of drug-likeness (QED) is 0.129. The molecule has 2 aliphatic rings. The minimum atomic E-state index is -0.298. The summed E-state index contributed by atoms with van der Waals surface area (Å²) in [4.78, 5) is 31.7. The number of carbonyl (C=O) groups is 2. The number of nitrogens with one attached hydrogen (secondary N) is 2. The largest absolute Gasteiger partial charge is 0.351 e. The molecule has 3 aromatic carbocycles. The van der Waals surface area contributed by atoms with E-state index in [0.717, 1.165) is 29.4 Å². The van der Waals surface area contributed by atoms with Crippen molar-refractivity contribution in [2.75, 3.05) is 26.2 Å². The van der Waals surface area contributed by atoms with Crippen LogP contribution in [0.5, 0.6) is 0 Å². The lowest BCUT2D eigenvalue weighted by Gasteiger charge is -2.31. The van der Waals surface area contributed by atoms with Crippen LogP contribution in [0.25, 0.3) is 6.08 Å². The molecule has 2 fully saturated rings. The van der Waals surface area contributed by atoms with E-state index in [2.05, 4.69) is 118 Å². The molecule has 0 saturated carbocycles. The normalized spacial score (nSPS) is 22.7. The van der Waals surface area contributed by atoms with Gasteiger partial charge in [0.15, 0.2) is 0 Å². The van der Waals surface area contributed by atoms with Crippen molar-refractivity contribution in [1.82, 2.24) is 20.4 Å². The zero-order chi connectivity index (χ0) is 31.6. The number of amides is 2. The summed E-state index contributed by atoms with van der Waals surface area (Å²) in [6.45, 7) is 7.23. The highest BCUT2D eigenvalue weighted by Crippen LogP contribution is 2.28. The van der Waals surface area contributed by atoms with Gasteiger partial charge in [-0.25, -0.2) is 0 Å². The van der Waals surface area contributed by atoms with E-state index in [4.69, 9.17) is 0 Å². The van der Waals surface area contributed by atoms with E-state index in [1.165, 1.54) is 29.5 Å². The van der Waals surface area contributed by atoms with E-state index in [1.54, 1.807) is 6.08 Å². The Bertz CT molecular complexity index is 1350. The van der Waals surface area contributed by atoms with Crippen molar-refractivity contribution in [2.45, 2.75) is 74.0 Å². The van der Waals surface area contributed by atoms with Gasteiger partial charge >= 0.3 is 0 Å². The second-order valence-corrected chi connectivity index (χ2v) is 13.4. The summed E-state index contributed by atoms with van der Waals surface area (Å²) in [6.07, 6.45) is 7.40. The number of rotatable bonds is 12. The Morgan fingerprint density at radius 3 is 2.16 bits per heavy atom. The number of hydrogen-bond donors (Lipinski definition) is 2. The molecule has 0 spiro atoms. The molecule has 7 heteroatoms. The smallest absolute Gasteiger partial charge is 0.244 e. The fraction of sp³-hybridized carbons (Fsp3) is 0.421. The van der Waals surface area contributed by atoms with Gasteiger partial charge in [0.1, 0.15) is 0 Å². The van der Waals surface area contributed by atoms with Crippen LogP contribution in [-0.4, -0.2) is 72.0 Å². The molecule has 2 aliphatic heterocycles. The van der Waals surface area contributed by atoms with Crippen LogP contribution in [0.3, 0.4) is 0 Å². The Hall–Kier alpha value is -3.01. The predicted octanol–water partition coefficient (Wildman–Crippen LogP) is 6.41. The molecule has 2 amide bonds. The van der Waals surface area contributed by atoms with Crippen LogP contribution in [0, 0.1) is 0 Å². The van der Waals surface area contributed by atoms with Gasteiger partial charge in [-0.15, -0.1) is 0 Å². The van der Waals surface area contributed by atoms with E-state index >= 15 is 0 Å². The number of likely N-dealkylation sites (tertiary alicyclic amines) is 1. The number of nitrogens with zero attached hydrogens (tertiary/aromatic N) is 2. The molecule has 2 N–H and O–H groups in total. The SMILES string of the molecule is CC1CCC(C)N1CC[C@@H]1N[C@H](CNC(=O)/C=C/c2ccc(CI)cc2)CCN(CC(c2ccccc2)c2ccccc2)C1=O. The second kappa shape index (κ2) is 16.5. The fourth-order valence-electron chi connectivity index (χ4n) is 6.76. The predicted molar refractivity (Wildman–Crippen MR) is 192 cm³/mol. The summed E-state index contributed by atoms with van der Waals surface area (Å²) < 4.78 is 0.965. The van der Waals surface area contributed by atoms with Crippen LogP contribution in [0.15, 0.2) is 91.0 Å². The van der Waals surface area contributed by atoms with Gasteiger partial charge in [0, 0.05) is 60.7 Å². The molecule has 5 rings (SSSR count). The Kier molecular flexibility index (Phi) is 12.2. The highest BCUT2D eigenvalue weighted by atomic mass is 127. The molecule has 0 aromatic heterocycles. The lowest BCUT2D eigenvalue weighted by Crippen LogP contribution is -2.50. The Morgan fingerprint density at radius 2 is 1.56 bits per heavy atom. The fourth-order valence-corrected chi connectivity index (χ4v) is 7.27. The van der Waals surface area contributed by atoms with Gasteiger partial charge in [0.05, 0.1) is 6.04 Å². The van der Waals surface area contributed by atoms with Crippen molar-refractivity contribution in [2.24, 2.45) is 0 Å². The highest BCUT2D eigenvalue weighted by molar-refractivity contribution is 14.1. The molecule has 6 nitrogen and oxygen atoms in total. The molecule has 0 aliphatic carbocycles. The van der Waals surface area contributed by atoms with E-state index in [0.29, 0.717) is 31.7 Å². The van der Waals surface area contributed by atoms with Gasteiger partial charge in [0.25, 0.3) is 0 Å². The summed E-state index contributed by atoms with van der Waals surface area (Å²) in [5.41, 5.74) is 4.70. The highest BCUT2D eigenvalue weighted by Gasteiger charge is 2.34. The first-order chi connectivity index (χ1) is 21.9. The maximum Gasteiger partial charge on any atom is 0.244 e. The maximum atomic E-state index is 14.2. The van der Waals surface area contributed by atoms with Gasteiger partial charge in [-0.2, -0.15) is 0 Å². The summed E-state index contributed by atoms with van der Waals surface area (Å²) >= 11 is 2.35. The van der Waals surface area contributed by atoms with Crippen molar-refractivity contribution < 1.29 is 9.59 Å². The third kappa shape index (κ3) is 9.27. The summed E-state index contributed by atoms with van der Waals surface area (Å²) in [5.74, 6) is 0.129. The molecule has 2 unspecified atom stereocenters. The monoisotopic (exact) mass is 718 g/mol. The number of alkyl halides is 1. The first-order valence-corrected chi connectivity index (χ1v) is 17.9. The van der Waals surface area contributed by atoms with Crippen LogP contribution < -0.4 is 10.6 Å². The summed E-state index contributed by atoms with van der Waals surface area (Å²) in [7, 11) is 0. The van der Waals surface area contributed by atoms with Crippen LogP contribution in [0.4, 0.5) is 0 Å². The van der Waals surface area contributed by atoms with Crippen molar-refractivity contribution in [3.05, 3.63) is 113 Å². The van der Waals surface area contributed by atoms with Crippen molar-refractivity contribution in [1.29, 1.82) is 0 Å². The van der Waals surface area contributed by atoms with Crippen molar-refractivity contribution in [3.63, 3.8) is 0 Å². The van der Waals surface area contributed by atoms with Crippen molar-refractivity contribution in [3.8, 4) is 0 Å². The minimum absolute atomic E-state index is 0.00423. The third-order valence-corrected chi connectivity index (χ3v) is 10.4. The van der Waals surface area contributed by atoms with Crippen LogP contribution >= 0.6 is 22.6 Å². The van der Waals surface area contributed by atoms with E-state index in [9.17, 15) is 9.59 Å². The maximum absolute atomic E-state index is 14.2. The van der Waals surface area contributed by atoms with Crippen LogP contribution in [-0.2, 0) is 14.0 Å². The number of halogens is 1. The van der Waals surface area contributed by atoms with Gasteiger partial charge in [-0.3, -0.25) is 14.5 Å².